The van der Waals surface area contributed by atoms with Gasteiger partial charge in [0, 0.05) is 24.8 Å². The number of nitrogens with zero attached hydrogens (tertiary/aromatic N) is 2. The maximum atomic E-state index is 15.0. The van der Waals surface area contributed by atoms with Gasteiger partial charge in [0.05, 0.1) is 17.4 Å². The van der Waals surface area contributed by atoms with E-state index in [-0.39, 0.29) is 40.6 Å². The van der Waals surface area contributed by atoms with Gasteiger partial charge in [-0.25, -0.2) is 22.5 Å². The lowest BCUT2D eigenvalue weighted by atomic mass is 9.95. The number of hydrogen-bond acceptors (Lipinski definition) is 6. The van der Waals surface area contributed by atoms with Crippen LogP contribution in [0.1, 0.15) is 71.5 Å². The van der Waals surface area contributed by atoms with Crippen LogP contribution in [0.3, 0.4) is 0 Å². The standard InChI is InChI=1S/C25H26ClF4N3O4S/c1-38(35,36)32-23(34)20-10-19(13-2-3-13)14(6-22(20)27)12-33-16-4-5-17(33)9-18(8-16)37-24-21(26)7-15(11-31-24)25(28,29)30/h6-7,10-11,13,16-18H,2-5,8-9,12H2,1H3,(H,32,34)/t16-,17+,18+. The van der Waals surface area contributed by atoms with Gasteiger partial charge in [0.2, 0.25) is 15.9 Å². The average molecular weight is 576 g/mol. The van der Waals surface area contributed by atoms with Crippen molar-refractivity contribution < 1.29 is 35.5 Å². The van der Waals surface area contributed by atoms with E-state index in [0.29, 0.717) is 25.6 Å². The minimum absolute atomic E-state index is 0.0291. The zero-order valence-electron chi connectivity index (χ0n) is 20.4. The zero-order valence-corrected chi connectivity index (χ0v) is 22.0. The molecule has 2 bridgehead atoms. The number of benzene rings is 1. The predicted octanol–water partition coefficient (Wildman–Crippen LogP) is 5.03. The molecule has 0 spiro atoms. The number of alkyl halides is 3. The molecular formula is C25H26ClF4N3O4S. The lowest BCUT2D eigenvalue weighted by molar-refractivity contribution is -0.137. The highest BCUT2D eigenvalue weighted by molar-refractivity contribution is 7.89. The Morgan fingerprint density at radius 3 is 2.37 bits per heavy atom. The van der Waals surface area contributed by atoms with Crippen molar-refractivity contribution in [3.63, 3.8) is 0 Å². The summed E-state index contributed by atoms with van der Waals surface area (Å²) >= 11 is 6.02. The van der Waals surface area contributed by atoms with Crippen molar-refractivity contribution in [2.75, 3.05) is 6.26 Å². The first kappa shape index (κ1) is 27.1. The normalized spacial score (nSPS) is 23.9. The predicted molar refractivity (Wildman–Crippen MR) is 131 cm³/mol. The first-order valence-corrected chi connectivity index (χ1v) is 14.5. The van der Waals surface area contributed by atoms with E-state index >= 15 is 0 Å². The lowest BCUT2D eigenvalue weighted by Crippen LogP contribution is -2.46. The van der Waals surface area contributed by atoms with E-state index in [1.54, 1.807) is 0 Å². The molecule has 2 aliphatic heterocycles. The maximum absolute atomic E-state index is 15.0. The van der Waals surface area contributed by atoms with E-state index < -0.39 is 33.5 Å². The molecule has 0 radical (unpaired) electrons. The molecule has 1 saturated carbocycles. The van der Waals surface area contributed by atoms with Crippen LogP contribution in [0, 0.1) is 5.82 Å². The third kappa shape index (κ3) is 5.91. The van der Waals surface area contributed by atoms with Crippen molar-refractivity contribution in [2.45, 2.75) is 75.4 Å². The molecule has 2 saturated heterocycles. The Morgan fingerprint density at radius 2 is 1.82 bits per heavy atom. The number of halogens is 5. The third-order valence-electron chi connectivity index (χ3n) is 7.38. The van der Waals surface area contributed by atoms with Crippen LogP contribution in [0.15, 0.2) is 24.4 Å². The number of sulfonamides is 1. The second-order valence-electron chi connectivity index (χ2n) is 10.3. The topological polar surface area (TPSA) is 88.6 Å². The maximum Gasteiger partial charge on any atom is 0.417 e. The molecule has 1 aliphatic carbocycles. The van der Waals surface area contributed by atoms with Crippen molar-refractivity contribution in [2.24, 2.45) is 0 Å². The van der Waals surface area contributed by atoms with E-state index in [2.05, 4.69) is 9.88 Å². The summed E-state index contributed by atoms with van der Waals surface area (Å²) in [5.74, 6) is -1.61. The largest absolute Gasteiger partial charge is 0.473 e. The number of nitrogens with one attached hydrogen (secondary N) is 1. The Morgan fingerprint density at radius 1 is 1.16 bits per heavy atom. The summed E-state index contributed by atoms with van der Waals surface area (Å²) in [6.07, 6.45) is 1.58. The summed E-state index contributed by atoms with van der Waals surface area (Å²) in [5, 5.41) is -0.195. The second-order valence-corrected chi connectivity index (χ2v) is 12.4. The van der Waals surface area contributed by atoms with Gasteiger partial charge in [-0.05, 0) is 73.8 Å². The number of amides is 1. The van der Waals surface area contributed by atoms with E-state index in [4.69, 9.17) is 16.3 Å². The molecular weight excluding hydrogens is 550 g/mol. The van der Waals surface area contributed by atoms with E-state index in [0.717, 1.165) is 49.1 Å². The van der Waals surface area contributed by atoms with Gasteiger partial charge in [-0.1, -0.05) is 11.6 Å². The number of carbonyl (C=O) groups is 1. The number of rotatable bonds is 7. The van der Waals surface area contributed by atoms with E-state index in [9.17, 15) is 30.8 Å². The molecule has 5 rings (SSSR count). The highest BCUT2D eigenvalue weighted by Gasteiger charge is 2.43. The fraction of sp³-hybridized carbons (Fsp3) is 0.520. The van der Waals surface area contributed by atoms with Gasteiger partial charge in [0.15, 0.2) is 0 Å². The molecule has 2 aromatic rings. The van der Waals surface area contributed by atoms with Crippen LogP contribution in [-0.2, 0) is 22.7 Å². The molecule has 38 heavy (non-hydrogen) atoms. The molecule has 3 atom stereocenters. The summed E-state index contributed by atoms with van der Waals surface area (Å²) in [6, 6.07) is 3.85. The summed E-state index contributed by atoms with van der Waals surface area (Å²) in [4.78, 5) is 18.4. The smallest absolute Gasteiger partial charge is 0.417 e. The van der Waals surface area contributed by atoms with Gasteiger partial charge < -0.3 is 4.74 Å². The lowest BCUT2D eigenvalue weighted by Gasteiger charge is -2.39. The van der Waals surface area contributed by atoms with Crippen molar-refractivity contribution in [1.82, 2.24) is 14.6 Å². The van der Waals surface area contributed by atoms with Crippen molar-refractivity contribution in [1.29, 1.82) is 0 Å². The fourth-order valence-electron chi connectivity index (χ4n) is 5.54. The Balaban J connectivity index is 1.30. The van der Waals surface area contributed by atoms with Crippen LogP contribution in [0.25, 0.3) is 0 Å². The van der Waals surface area contributed by atoms with E-state index in [1.807, 2.05) is 4.72 Å². The van der Waals surface area contributed by atoms with Crippen molar-refractivity contribution in [3.8, 4) is 5.88 Å². The molecule has 7 nitrogen and oxygen atoms in total. The zero-order chi connectivity index (χ0) is 27.4. The quantitative estimate of drug-likeness (QED) is 0.466. The molecule has 3 fully saturated rings. The Labute approximate surface area is 222 Å². The molecule has 3 heterocycles. The highest BCUT2D eigenvalue weighted by atomic mass is 35.5. The molecule has 1 amide bonds. The monoisotopic (exact) mass is 575 g/mol. The van der Waals surface area contributed by atoms with Crippen molar-refractivity contribution >= 4 is 27.5 Å². The van der Waals surface area contributed by atoms with Crippen LogP contribution >= 0.6 is 11.6 Å². The second kappa shape index (κ2) is 9.95. The summed E-state index contributed by atoms with van der Waals surface area (Å²) in [5.41, 5.74) is 0.383. The molecule has 1 aromatic carbocycles. The summed E-state index contributed by atoms with van der Waals surface area (Å²) in [6.45, 7) is 0.470. The average Bonchev–Trinajstić information content (AvgIpc) is 3.60. The minimum Gasteiger partial charge on any atom is -0.473 e. The molecule has 0 unspecified atom stereocenters. The van der Waals surface area contributed by atoms with Crippen LogP contribution < -0.4 is 9.46 Å². The number of hydrogen-bond donors (Lipinski definition) is 1. The molecule has 206 valence electrons. The van der Waals surface area contributed by atoms with Crippen LogP contribution in [0.2, 0.25) is 5.02 Å². The van der Waals surface area contributed by atoms with Gasteiger partial charge >= 0.3 is 6.18 Å². The van der Waals surface area contributed by atoms with Gasteiger partial charge in [-0.15, -0.1) is 0 Å². The van der Waals surface area contributed by atoms with Gasteiger partial charge in [-0.2, -0.15) is 13.2 Å². The molecule has 1 N–H and O–H groups in total. The Hall–Kier alpha value is -2.44. The Kier molecular flexibility index (Phi) is 7.10. The number of piperidine rings is 1. The number of fused-ring (bicyclic) bond motifs is 2. The SMILES string of the molecule is CS(=O)(=O)NC(=O)c1cc(C2CC2)c(CN2[C@@H]3CC[C@H]2C[C@@H](Oc2ncc(C(F)(F)F)cc2Cl)C3)cc1F. The first-order valence-electron chi connectivity index (χ1n) is 12.3. The number of ether oxygens (including phenoxy) is 1. The summed E-state index contributed by atoms with van der Waals surface area (Å²) < 4.78 is 84.3. The van der Waals surface area contributed by atoms with Crippen molar-refractivity contribution in [3.05, 3.63) is 57.5 Å². The van der Waals surface area contributed by atoms with Crippen LogP contribution in [-0.4, -0.2) is 48.7 Å². The van der Waals surface area contributed by atoms with Crippen LogP contribution in [0.5, 0.6) is 5.88 Å². The summed E-state index contributed by atoms with van der Waals surface area (Å²) in [7, 11) is -3.83. The highest BCUT2D eigenvalue weighted by Crippen LogP contribution is 2.45. The first-order chi connectivity index (χ1) is 17.8. The van der Waals surface area contributed by atoms with Crippen LogP contribution in [0.4, 0.5) is 17.6 Å². The Bertz CT molecular complexity index is 1350. The molecule has 1 aromatic heterocycles. The van der Waals surface area contributed by atoms with Gasteiger partial charge in [0.25, 0.3) is 5.91 Å². The number of pyridine rings is 1. The molecule has 13 heteroatoms. The number of aromatic nitrogens is 1. The fourth-order valence-corrected chi connectivity index (χ4v) is 6.20. The molecule has 3 aliphatic rings. The van der Waals surface area contributed by atoms with Gasteiger partial charge in [0.1, 0.15) is 16.9 Å². The van der Waals surface area contributed by atoms with Gasteiger partial charge in [-0.3, -0.25) is 9.69 Å². The third-order valence-corrected chi connectivity index (χ3v) is 8.20. The number of carbonyl (C=O) groups excluding carboxylic acids is 1. The minimum atomic E-state index is -4.55. The van der Waals surface area contributed by atoms with E-state index in [1.165, 1.54) is 12.1 Å².